The molecular weight excluding hydrogens is 250 g/mol. The van der Waals surface area contributed by atoms with Crippen LogP contribution in [0.3, 0.4) is 0 Å². The maximum Gasteiger partial charge on any atom is 0.254 e. The third-order valence-corrected chi connectivity index (χ3v) is 2.45. The van der Waals surface area contributed by atoms with Gasteiger partial charge in [0.25, 0.3) is 11.5 Å². The first-order chi connectivity index (χ1) is 8.95. The maximum absolute atomic E-state index is 12.1. The molecular formula is C11H13N5O3. The van der Waals surface area contributed by atoms with Crippen molar-refractivity contribution in [2.24, 2.45) is 0 Å². The fraction of sp³-hybridized carbons (Fsp3) is 0.273. The standard InChI is InChI=1S/C11H13N5O3/c1-6-12-8(15-14-6)5-16(2)11(19)7-3-9(17)13-10(18)4-7/h3-4H,5H2,1-2H3,(H,12,14,15)(H2,13,17,18). The Bertz CT molecular complexity index is 660. The molecule has 0 unspecified atom stereocenters. The number of carbonyl (C=O) groups excluding carboxylic acids is 1. The monoisotopic (exact) mass is 263 g/mol. The number of aromatic nitrogens is 4. The second-order valence-corrected chi connectivity index (χ2v) is 4.12. The van der Waals surface area contributed by atoms with Crippen LogP contribution >= 0.6 is 0 Å². The van der Waals surface area contributed by atoms with Crippen molar-refractivity contribution in [3.63, 3.8) is 0 Å². The van der Waals surface area contributed by atoms with E-state index < -0.39 is 11.5 Å². The van der Waals surface area contributed by atoms with Gasteiger partial charge in [0, 0.05) is 19.2 Å². The summed E-state index contributed by atoms with van der Waals surface area (Å²) in [7, 11) is 1.56. The predicted molar refractivity (Wildman–Crippen MR) is 65.6 cm³/mol. The highest BCUT2D eigenvalue weighted by Gasteiger charge is 2.15. The summed E-state index contributed by atoms with van der Waals surface area (Å²) in [5.41, 5.74) is -0.429. The molecule has 0 fully saturated rings. The van der Waals surface area contributed by atoms with Gasteiger partial charge >= 0.3 is 0 Å². The normalized spacial score (nSPS) is 10.4. The van der Waals surface area contributed by atoms with Gasteiger partial charge in [-0.15, -0.1) is 0 Å². The molecule has 0 spiro atoms. The number of amides is 1. The second kappa shape index (κ2) is 4.92. The quantitative estimate of drug-likeness (QED) is 0.708. The number of aromatic amines is 2. The van der Waals surface area contributed by atoms with Crippen molar-refractivity contribution in [3.05, 3.63) is 39.7 Å². The first-order valence-electron chi connectivity index (χ1n) is 5.52. The zero-order chi connectivity index (χ0) is 14.0. The summed E-state index contributed by atoms with van der Waals surface area (Å²) in [6, 6.07) is 2.32. The van der Waals surface area contributed by atoms with Gasteiger partial charge in [-0.25, -0.2) is 4.98 Å². The van der Waals surface area contributed by atoms with E-state index in [1.165, 1.54) is 11.0 Å². The largest absolute Gasteiger partial charge is 0.494 e. The summed E-state index contributed by atoms with van der Waals surface area (Å²) < 4.78 is 0. The third-order valence-electron chi connectivity index (χ3n) is 2.45. The van der Waals surface area contributed by atoms with E-state index in [2.05, 4.69) is 20.2 Å². The van der Waals surface area contributed by atoms with E-state index in [1.807, 2.05) is 0 Å². The predicted octanol–water partition coefficient (Wildman–Crippen LogP) is -0.221. The first-order valence-corrected chi connectivity index (χ1v) is 5.52. The SMILES string of the molecule is Cc1nc(CN(C)C(=O)c2cc(O)[nH]c(=O)c2)n[nH]1. The Labute approximate surface area is 108 Å². The number of aryl methyl sites for hydroxylation is 1. The average Bonchev–Trinajstić information content (AvgIpc) is 2.72. The van der Waals surface area contributed by atoms with E-state index in [0.717, 1.165) is 6.07 Å². The molecule has 100 valence electrons. The summed E-state index contributed by atoms with van der Waals surface area (Å²) in [4.78, 5) is 30.8. The summed E-state index contributed by atoms with van der Waals surface area (Å²) in [5.74, 6) is 0.383. The molecule has 2 aromatic heterocycles. The lowest BCUT2D eigenvalue weighted by Gasteiger charge is -2.14. The minimum atomic E-state index is -0.537. The molecule has 8 nitrogen and oxygen atoms in total. The van der Waals surface area contributed by atoms with Crippen LogP contribution in [0.4, 0.5) is 0 Å². The molecule has 0 radical (unpaired) electrons. The van der Waals surface area contributed by atoms with Crippen LogP contribution in [0.25, 0.3) is 0 Å². The van der Waals surface area contributed by atoms with E-state index in [9.17, 15) is 14.7 Å². The van der Waals surface area contributed by atoms with Gasteiger partial charge in [0.1, 0.15) is 5.82 Å². The van der Waals surface area contributed by atoms with E-state index in [-0.39, 0.29) is 18.0 Å². The fourth-order valence-electron chi connectivity index (χ4n) is 1.62. The van der Waals surface area contributed by atoms with Crippen molar-refractivity contribution < 1.29 is 9.90 Å². The van der Waals surface area contributed by atoms with Gasteiger partial charge in [-0.2, -0.15) is 5.10 Å². The Morgan fingerprint density at radius 1 is 1.47 bits per heavy atom. The minimum absolute atomic E-state index is 0.107. The van der Waals surface area contributed by atoms with Gasteiger partial charge in [0.15, 0.2) is 11.7 Å². The van der Waals surface area contributed by atoms with Crippen molar-refractivity contribution in [2.45, 2.75) is 13.5 Å². The van der Waals surface area contributed by atoms with E-state index in [0.29, 0.717) is 11.6 Å². The smallest absolute Gasteiger partial charge is 0.254 e. The summed E-state index contributed by atoms with van der Waals surface area (Å²) in [6.45, 7) is 1.96. The van der Waals surface area contributed by atoms with Crippen LogP contribution in [0.15, 0.2) is 16.9 Å². The highest BCUT2D eigenvalue weighted by molar-refractivity contribution is 5.94. The van der Waals surface area contributed by atoms with Gasteiger partial charge in [0.05, 0.1) is 12.1 Å². The number of hydrogen-bond donors (Lipinski definition) is 3. The Balaban J connectivity index is 2.16. The number of pyridine rings is 1. The highest BCUT2D eigenvalue weighted by Crippen LogP contribution is 2.08. The van der Waals surface area contributed by atoms with Crippen LogP contribution in [0, 0.1) is 6.92 Å². The van der Waals surface area contributed by atoms with Crippen molar-refractivity contribution in [3.8, 4) is 5.88 Å². The van der Waals surface area contributed by atoms with Gasteiger partial charge < -0.3 is 10.0 Å². The molecule has 3 N–H and O–H groups in total. The third kappa shape index (κ3) is 2.97. The van der Waals surface area contributed by atoms with Crippen LogP contribution in [0.1, 0.15) is 22.0 Å². The highest BCUT2D eigenvalue weighted by atomic mass is 16.3. The molecule has 0 aromatic carbocycles. The van der Waals surface area contributed by atoms with Crippen molar-refractivity contribution >= 4 is 5.91 Å². The van der Waals surface area contributed by atoms with Gasteiger partial charge in [-0.05, 0) is 6.92 Å². The van der Waals surface area contributed by atoms with Crippen molar-refractivity contribution in [1.82, 2.24) is 25.1 Å². The van der Waals surface area contributed by atoms with E-state index in [1.54, 1.807) is 14.0 Å². The van der Waals surface area contributed by atoms with Crippen molar-refractivity contribution in [2.75, 3.05) is 7.05 Å². The summed E-state index contributed by atoms with van der Waals surface area (Å²) in [6.07, 6.45) is 0. The molecule has 8 heteroatoms. The van der Waals surface area contributed by atoms with Crippen LogP contribution < -0.4 is 5.56 Å². The van der Waals surface area contributed by atoms with Crippen LogP contribution in [0.2, 0.25) is 0 Å². The maximum atomic E-state index is 12.1. The molecule has 0 aliphatic heterocycles. The zero-order valence-corrected chi connectivity index (χ0v) is 10.5. The summed E-state index contributed by atoms with van der Waals surface area (Å²) >= 11 is 0. The topological polar surface area (TPSA) is 115 Å². The number of hydrogen-bond acceptors (Lipinski definition) is 5. The molecule has 19 heavy (non-hydrogen) atoms. The zero-order valence-electron chi connectivity index (χ0n) is 10.5. The Hall–Kier alpha value is -2.64. The Morgan fingerprint density at radius 2 is 2.21 bits per heavy atom. The molecule has 1 amide bonds. The van der Waals surface area contributed by atoms with E-state index in [4.69, 9.17) is 0 Å². The number of H-pyrrole nitrogens is 2. The lowest BCUT2D eigenvalue weighted by atomic mass is 10.2. The summed E-state index contributed by atoms with van der Waals surface area (Å²) in [5, 5.41) is 15.9. The Kier molecular flexibility index (Phi) is 3.32. The molecule has 0 bridgehead atoms. The lowest BCUT2D eigenvalue weighted by molar-refractivity contribution is 0.0781. The number of nitrogens with zero attached hydrogens (tertiary/aromatic N) is 3. The van der Waals surface area contributed by atoms with Crippen LogP contribution in [-0.2, 0) is 6.54 Å². The van der Waals surface area contributed by atoms with E-state index >= 15 is 0 Å². The fourth-order valence-corrected chi connectivity index (χ4v) is 1.62. The molecule has 2 heterocycles. The average molecular weight is 263 g/mol. The number of nitrogens with one attached hydrogen (secondary N) is 2. The molecule has 0 aliphatic carbocycles. The van der Waals surface area contributed by atoms with Gasteiger partial charge in [-0.1, -0.05) is 0 Å². The molecule has 0 saturated carbocycles. The number of carbonyl (C=O) groups is 1. The molecule has 0 atom stereocenters. The number of rotatable bonds is 3. The first kappa shape index (κ1) is 12.8. The molecule has 0 aliphatic rings. The van der Waals surface area contributed by atoms with Gasteiger partial charge in [-0.3, -0.25) is 19.7 Å². The second-order valence-electron chi connectivity index (χ2n) is 4.12. The van der Waals surface area contributed by atoms with Crippen LogP contribution in [-0.4, -0.2) is 43.1 Å². The molecule has 2 aromatic rings. The lowest BCUT2D eigenvalue weighted by Crippen LogP contribution is -2.27. The number of aromatic hydroxyl groups is 1. The molecule has 0 saturated heterocycles. The van der Waals surface area contributed by atoms with Crippen molar-refractivity contribution in [1.29, 1.82) is 0 Å². The molecule has 2 rings (SSSR count). The minimum Gasteiger partial charge on any atom is -0.494 e. The Morgan fingerprint density at radius 3 is 2.79 bits per heavy atom. The van der Waals surface area contributed by atoms with Gasteiger partial charge in [0.2, 0.25) is 0 Å². The van der Waals surface area contributed by atoms with Crippen LogP contribution in [0.5, 0.6) is 5.88 Å².